The van der Waals surface area contributed by atoms with E-state index in [1.54, 1.807) is 0 Å². The lowest BCUT2D eigenvalue weighted by Gasteiger charge is -2.25. The highest BCUT2D eigenvalue weighted by molar-refractivity contribution is 6.02. The molecule has 1 amide bonds. The summed E-state index contributed by atoms with van der Waals surface area (Å²) in [6, 6.07) is 0.136. The summed E-state index contributed by atoms with van der Waals surface area (Å²) in [7, 11) is 0. The number of aromatic nitrogens is 1. The molecule has 0 saturated heterocycles. The van der Waals surface area contributed by atoms with E-state index in [-0.39, 0.29) is 12.1 Å². The third-order valence-electron chi connectivity index (χ3n) is 2.48. The summed E-state index contributed by atoms with van der Waals surface area (Å²) in [5, 5.41) is 8.77. The van der Waals surface area contributed by atoms with Crippen LogP contribution in [0.4, 0.5) is 45.3 Å². The molecule has 1 rings (SSSR count). The molecule has 0 aliphatic carbocycles. The molecule has 5 nitrogen and oxygen atoms in total. The molecule has 0 bridgehead atoms. The van der Waals surface area contributed by atoms with Crippen molar-refractivity contribution in [2.24, 2.45) is 0 Å². The van der Waals surface area contributed by atoms with Crippen molar-refractivity contribution in [3.63, 3.8) is 0 Å². The van der Waals surface area contributed by atoms with Gasteiger partial charge in [-0.1, -0.05) is 0 Å². The zero-order valence-electron chi connectivity index (χ0n) is 11.4. The molecule has 14 heteroatoms. The number of hydrogen-bond donors (Lipinski definition) is 1. The number of rotatable bonds is 3. The van der Waals surface area contributed by atoms with E-state index in [1.165, 1.54) is 0 Å². The Morgan fingerprint density at radius 2 is 1.52 bits per heavy atom. The maximum atomic E-state index is 12.6. The second kappa shape index (κ2) is 6.40. The summed E-state index contributed by atoms with van der Waals surface area (Å²) in [5.41, 5.74) is -3.43. The molecule has 0 spiro atoms. The SMILES string of the molecule is O=C(O)c1ccc(C(F)(F)F)nc1N(CC(F)(F)F)C(=O)C(F)(F)F. The Kier molecular flexibility index (Phi) is 5.25. The Morgan fingerprint density at radius 1 is 1.00 bits per heavy atom. The fourth-order valence-corrected chi connectivity index (χ4v) is 1.55. The van der Waals surface area contributed by atoms with Gasteiger partial charge in [-0.3, -0.25) is 9.69 Å². The number of nitrogens with zero attached hydrogens (tertiary/aromatic N) is 2. The van der Waals surface area contributed by atoms with Crippen molar-refractivity contribution in [1.82, 2.24) is 4.98 Å². The summed E-state index contributed by atoms with van der Waals surface area (Å²) < 4.78 is 112. The Bertz CT molecular complexity index is 679. The molecule has 140 valence electrons. The van der Waals surface area contributed by atoms with Gasteiger partial charge in [-0.25, -0.2) is 9.78 Å². The van der Waals surface area contributed by atoms with Gasteiger partial charge in [0.2, 0.25) is 0 Å². The average molecular weight is 384 g/mol. The molecule has 0 aromatic carbocycles. The number of carbonyl (C=O) groups is 2. The first-order chi connectivity index (χ1) is 11.0. The monoisotopic (exact) mass is 384 g/mol. The van der Waals surface area contributed by atoms with Gasteiger partial charge in [-0.2, -0.15) is 39.5 Å². The van der Waals surface area contributed by atoms with Crippen LogP contribution >= 0.6 is 0 Å². The maximum Gasteiger partial charge on any atom is 0.471 e. The summed E-state index contributed by atoms with van der Waals surface area (Å²) in [6.45, 7) is -2.69. The van der Waals surface area contributed by atoms with Crippen LogP contribution in [-0.2, 0) is 11.0 Å². The second-order valence-corrected chi connectivity index (χ2v) is 4.37. The number of amides is 1. The third kappa shape index (κ3) is 5.22. The van der Waals surface area contributed by atoms with Crippen molar-refractivity contribution in [2.45, 2.75) is 18.5 Å². The number of carbonyl (C=O) groups excluding carboxylic acids is 1. The predicted molar refractivity (Wildman–Crippen MR) is 60.7 cm³/mol. The van der Waals surface area contributed by atoms with Crippen molar-refractivity contribution in [2.75, 3.05) is 11.4 Å². The first-order valence-electron chi connectivity index (χ1n) is 5.81. The van der Waals surface area contributed by atoms with Gasteiger partial charge in [0.05, 0.1) is 0 Å². The molecule has 0 unspecified atom stereocenters. The van der Waals surface area contributed by atoms with E-state index in [9.17, 15) is 49.1 Å². The summed E-state index contributed by atoms with van der Waals surface area (Å²) in [5.74, 6) is -7.33. The van der Waals surface area contributed by atoms with Gasteiger partial charge in [0, 0.05) is 0 Å². The molecule has 1 aromatic heterocycles. The Hall–Kier alpha value is -2.54. The standard InChI is InChI=1S/C11H5F9N2O3/c12-9(13,14)3-22(8(25)11(18,19)20)6-4(7(23)24)1-2-5(21-6)10(15,16)17/h1-2H,3H2,(H,23,24). The van der Waals surface area contributed by atoms with Crippen molar-refractivity contribution in [1.29, 1.82) is 0 Å². The molecular formula is C11H5F9N2O3. The number of hydrogen-bond acceptors (Lipinski definition) is 3. The van der Waals surface area contributed by atoms with Crippen LogP contribution in [0.15, 0.2) is 12.1 Å². The quantitative estimate of drug-likeness (QED) is 0.813. The molecular weight excluding hydrogens is 379 g/mol. The lowest BCUT2D eigenvalue weighted by molar-refractivity contribution is -0.174. The van der Waals surface area contributed by atoms with E-state index in [0.717, 1.165) is 0 Å². The maximum absolute atomic E-state index is 12.6. The number of pyridine rings is 1. The first-order valence-corrected chi connectivity index (χ1v) is 5.81. The predicted octanol–water partition coefficient (Wildman–Crippen LogP) is 3.26. The van der Waals surface area contributed by atoms with Crippen molar-refractivity contribution < 1.29 is 54.2 Å². The van der Waals surface area contributed by atoms with Gasteiger partial charge < -0.3 is 5.11 Å². The van der Waals surface area contributed by atoms with E-state index in [2.05, 4.69) is 4.98 Å². The Balaban J connectivity index is 3.65. The van der Waals surface area contributed by atoms with Crippen LogP contribution in [-0.4, -0.2) is 40.9 Å². The molecule has 1 aromatic rings. The van der Waals surface area contributed by atoms with Gasteiger partial charge in [-0.15, -0.1) is 0 Å². The lowest BCUT2D eigenvalue weighted by Crippen LogP contribution is -2.47. The number of aromatic carboxylic acids is 1. The highest BCUT2D eigenvalue weighted by atomic mass is 19.4. The minimum Gasteiger partial charge on any atom is -0.478 e. The normalized spacial score (nSPS) is 12.8. The van der Waals surface area contributed by atoms with Crippen molar-refractivity contribution in [3.05, 3.63) is 23.4 Å². The first kappa shape index (κ1) is 20.5. The molecule has 0 fully saturated rings. The molecule has 1 N–H and O–H groups in total. The van der Waals surface area contributed by atoms with Crippen LogP contribution in [0.2, 0.25) is 0 Å². The number of carboxylic acids is 1. The molecule has 0 atom stereocenters. The fourth-order valence-electron chi connectivity index (χ4n) is 1.55. The van der Waals surface area contributed by atoms with Crippen LogP contribution in [0.5, 0.6) is 0 Å². The molecule has 0 radical (unpaired) electrons. The highest BCUT2D eigenvalue weighted by Gasteiger charge is 2.48. The molecule has 25 heavy (non-hydrogen) atoms. The molecule has 0 aliphatic rings. The molecule has 0 aliphatic heterocycles. The Labute approximate surface area is 131 Å². The number of anilines is 1. The van der Waals surface area contributed by atoms with Crippen LogP contribution in [0, 0.1) is 0 Å². The number of carboxylic acid groups (broad SMARTS) is 1. The minimum atomic E-state index is -5.92. The number of alkyl halides is 9. The summed E-state index contributed by atoms with van der Waals surface area (Å²) in [4.78, 5) is 23.3. The second-order valence-electron chi connectivity index (χ2n) is 4.37. The van der Waals surface area contributed by atoms with Gasteiger partial charge in [0.1, 0.15) is 17.8 Å². The molecule has 1 heterocycles. The smallest absolute Gasteiger partial charge is 0.471 e. The average Bonchev–Trinajstić information content (AvgIpc) is 2.40. The van der Waals surface area contributed by atoms with Crippen LogP contribution in [0.1, 0.15) is 16.1 Å². The van der Waals surface area contributed by atoms with Crippen LogP contribution in [0.3, 0.4) is 0 Å². The molecule has 0 saturated carbocycles. The van der Waals surface area contributed by atoms with Gasteiger partial charge in [-0.05, 0) is 12.1 Å². The highest BCUT2D eigenvalue weighted by Crippen LogP contribution is 2.33. The lowest BCUT2D eigenvalue weighted by atomic mass is 10.2. The van der Waals surface area contributed by atoms with E-state index >= 15 is 0 Å². The van der Waals surface area contributed by atoms with E-state index in [4.69, 9.17) is 5.11 Å². The van der Waals surface area contributed by atoms with Gasteiger partial charge >= 0.3 is 30.4 Å². The van der Waals surface area contributed by atoms with Crippen LogP contribution < -0.4 is 4.90 Å². The van der Waals surface area contributed by atoms with Crippen molar-refractivity contribution in [3.8, 4) is 0 Å². The summed E-state index contributed by atoms with van der Waals surface area (Å²) in [6.07, 6.45) is -16.7. The van der Waals surface area contributed by atoms with Crippen molar-refractivity contribution >= 4 is 17.7 Å². The zero-order valence-corrected chi connectivity index (χ0v) is 11.4. The third-order valence-corrected chi connectivity index (χ3v) is 2.48. The van der Waals surface area contributed by atoms with E-state index in [0.29, 0.717) is 0 Å². The summed E-state index contributed by atoms with van der Waals surface area (Å²) >= 11 is 0. The van der Waals surface area contributed by atoms with E-state index in [1.807, 2.05) is 0 Å². The van der Waals surface area contributed by atoms with Gasteiger partial charge in [0.15, 0.2) is 5.82 Å². The minimum absolute atomic E-state index is 0.0385. The zero-order chi connectivity index (χ0) is 19.8. The van der Waals surface area contributed by atoms with Gasteiger partial charge in [0.25, 0.3) is 0 Å². The fraction of sp³-hybridized carbons (Fsp3) is 0.364. The Morgan fingerprint density at radius 3 is 1.88 bits per heavy atom. The van der Waals surface area contributed by atoms with E-state index < -0.39 is 58.9 Å². The van der Waals surface area contributed by atoms with Crippen LogP contribution in [0.25, 0.3) is 0 Å². The topological polar surface area (TPSA) is 70.5 Å². The largest absolute Gasteiger partial charge is 0.478 e. The number of halogens is 9.